The minimum Gasteiger partial charge on any atom is -0.378 e. The predicted molar refractivity (Wildman–Crippen MR) is 89.1 cm³/mol. The lowest BCUT2D eigenvalue weighted by molar-refractivity contribution is -0.112. The number of benzene rings is 2. The largest absolute Gasteiger partial charge is 0.378 e. The third kappa shape index (κ3) is 3.33. The highest BCUT2D eigenvalue weighted by molar-refractivity contribution is 5.69. The van der Waals surface area contributed by atoms with Crippen molar-refractivity contribution in [3.8, 4) is 0 Å². The maximum absolute atomic E-state index is 11.8. The van der Waals surface area contributed by atoms with Gasteiger partial charge >= 0.3 is 0 Å². The van der Waals surface area contributed by atoms with E-state index >= 15 is 0 Å². The molecule has 0 aliphatic rings. The zero-order valence-corrected chi connectivity index (χ0v) is 13.3. The van der Waals surface area contributed by atoms with Gasteiger partial charge in [0.05, 0.1) is 5.41 Å². The van der Waals surface area contributed by atoms with E-state index in [4.69, 9.17) is 0 Å². The van der Waals surface area contributed by atoms with Gasteiger partial charge in [0.15, 0.2) is 0 Å². The average Bonchev–Trinajstić information content (AvgIpc) is 2.48. The highest BCUT2D eigenvalue weighted by Crippen LogP contribution is 2.29. The first-order chi connectivity index (χ1) is 9.96. The first-order valence-electron chi connectivity index (χ1n) is 7.25. The van der Waals surface area contributed by atoms with Crippen molar-refractivity contribution in [1.82, 2.24) is 0 Å². The first-order valence-corrected chi connectivity index (χ1v) is 7.25. The Labute approximate surface area is 127 Å². The van der Waals surface area contributed by atoms with Crippen molar-refractivity contribution in [2.75, 3.05) is 19.0 Å². The summed E-state index contributed by atoms with van der Waals surface area (Å²) in [6, 6.07) is 16.5. The van der Waals surface area contributed by atoms with E-state index in [-0.39, 0.29) is 0 Å². The molecule has 0 aliphatic heterocycles. The molecule has 110 valence electrons. The third-order valence-corrected chi connectivity index (χ3v) is 4.04. The van der Waals surface area contributed by atoms with E-state index in [1.807, 2.05) is 33.2 Å². The Kier molecular flexibility index (Phi) is 4.46. The van der Waals surface area contributed by atoms with Gasteiger partial charge in [-0.15, -0.1) is 0 Å². The number of anilines is 1. The molecule has 1 atom stereocenters. The van der Waals surface area contributed by atoms with E-state index in [2.05, 4.69) is 48.2 Å². The van der Waals surface area contributed by atoms with Gasteiger partial charge in [0.25, 0.3) is 0 Å². The smallest absolute Gasteiger partial charge is 0.130 e. The summed E-state index contributed by atoms with van der Waals surface area (Å²) in [4.78, 5) is 13.8. The number of nitrogens with zero attached hydrogens (tertiary/aromatic N) is 1. The van der Waals surface area contributed by atoms with Crippen LogP contribution in [0.25, 0.3) is 0 Å². The van der Waals surface area contributed by atoms with Crippen molar-refractivity contribution in [3.05, 3.63) is 65.2 Å². The minimum atomic E-state index is -0.481. The van der Waals surface area contributed by atoms with Crippen molar-refractivity contribution < 1.29 is 4.79 Å². The lowest BCUT2D eigenvalue weighted by atomic mass is 9.77. The second kappa shape index (κ2) is 6.13. The Hall–Kier alpha value is -2.09. The molecule has 0 fully saturated rings. The average molecular weight is 281 g/mol. The van der Waals surface area contributed by atoms with Crippen molar-refractivity contribution in [2.24, 2.45) is 0 Å². The SMILES string of the molecule is Cc1ccccc1C(C)(C=O)Cc1ccc(N(C)C)cc1. The van der Waals surface area contributed by atoms with Crippen LogP contribution in [0.3, 0.4) is 0 Å². The summed E-state index contributed by atoms with van der Waals surface area (Å²) in [5.41, 5.74) is 4.14. The highest BCUT2D eigenvalue weighted by atomic mass is 16.1. The van der Waals surface area contributed by atoms with Gasteiger partial charge in [-0.2, -0.15) is 0 Å². The number of hydrogen-bond acceptors (Lipinski definition) is 2. The zero-order valence-electron chi connectivity index (χ0n) is 13.3. The summed E-state index contributed by atoms with van der Waals surface area (Å²) < 4.78 is 0. The second-order valence-electron chi connectivity index (χ2n) is 6.09. The molecule has 0 amide bonds. The number of carbonyl (C=O) groups is 1. The zero-order chi connectivity index (χ0) is 15.5. The van der Waals surface area contributed by atoms with Crippen LogP contribution in [0.5, 0.6) is 0 Å². The first kappa shape index (κ1) is 15.3. The second-order valence-corrected chi connectivity index (χ2v) is 6.09. The fourth-order valence-corrected chi connectivity index (χ4v) is 2.75. The quantitative estimate of drug-likeness (QED) is 0.778. The Balaban J connectivity index is 2.30. The van der Waals surface area contributed by atoms with Crippen LogP contribution in [0.15, 0.2) is 48.5 Å². The molecule has 1 unspecified atom stereocenters. The van der Waals surface area contributed by atoms with E-state index < -0.39 is 5.41 Å². The summed E-state index contributed by atoms with van der Waals surface area (Å²) in [5.74, 6) is 0. The molecule has 21 heavy (non-hydrogen) atoms. The lowest BCUT2D eigenvalue weighted by Crippen LogP contribution is -2.27. The van der Waals surface area contributed by atoms with Crippen LogP contribution in [0.2, 0.25) is 0 Å². The van der Waals surface area contributed by atoms with Crippen LogP contribution >= 0.6 is 0 Å². The topological polar surface area (TPSA) is 20.3 Å². The summed E-state index contributed by atoms with van der Waals surface area (Å²) in [5, 5.41) is 0. The van der Waals surface area contributed by atoms with Gasteiger partial charge < -0.3 is 9.69 Å². The molecular weight excluding hydrogens is 258 g/mol. The van der Waals surface area contributed by atoms with Gasteiger partial charge in [-0.25, -0.2) is 0 Å². The molecule has 2 rings (SSSR count). The minimum absolute atomic E-state index is 0.481. The molecule has 0 aliphatic carbocycles. The normalized spacial score (nSPS) is 13.5. The van der Waals surface area contributed by atoms with Gasteiger partial charge in [-0.1, -0.05) is 36.4 Å². The lowest BCUT2D eigenvalue weighted by Gasteiger charge is -2.26. The van der Waals surface area contributed by atoms with E-state index in [1.165, 1.54) is 11.3 Å². The molecular formula is C19H23NO. The monoisotopic (exact) mass is 281 g/mol. The Morgan fingerprint density at radius 2 is 1.67 bits per heavy atom. The predicted octanol–water partition coefficient (Wildman–Crippen LogP) is 3.76. The van der Waals surface area contributed by atoms with E-state index in [0.717, 1.165) is 23.8 Å². The molecule has 0 aromatic heterocycles. The van der Waals surface area contributed by atoms with Crippen molar-refractivity contribution in [2.45, 2.75) is 25.7 Å². The molecule has 0 spiro atoms. The van der Waals surface area contributed by atoms with Gasteiger partial charge in [-0.3, -0.25) is 0 Å². The van der Waals surface area contributed by atoms with Crippen molar-refractivity contribution in [1.29, 1.82) is 0 Å². The molecule has 2 aromatic carbocycles. The van der Waals surface area contributed by atoms with Gasteiger partial charge in [0.1, 0.15) is 6.29 Å². The molecule has 2 nitrogen and oxygen atoms in total. The van der Waals surface area contributed by atoms with Crippen LogP contribution in [-0.4, -0.2) is 20.4 Å². The van der Waals surface area contributed by atoms with E-state index in [0.29, 0.717) is 0 Å². The number of carbonyl (C=O) groups excluding carboxylic acids is 1. The maximum Gasteiger partial charge on any atom is 0.130 e. The van der Waals surface area contributed by atoms with Crippen LogP contribution in [0, 0.1) is 6.92 Å². The molecule has 2 heteroatoms. The molecule has 0 radical (unpaired) electrons. The number of hydrogen-bond donors (Lipinski definition) is 0. The van der Waals surface area contributed by atoms with Gasteiger partial charge in [-0.05, 0) is 49.1 Å². The van der Waals surface area contributed by atoms with Gasteiger partial charge in [0.2, 0.25) is 0 Å². The molecule has 0 heterocycles. The van der Waals surface area contributed by atoms with E-state index in [9.17, 15) is 4.79 Å². The molecule has 0 saturated heterocycles. The molecule has 0 N–H and O–H groups in total. The standard InChI is InChI=1S/C19H23NO/c1-15-7-5-6-8-18(15)19(2,14-21)13-16-9-11-17(12-10-16)20(3)4/h5-12,14H,13H2,1-4H3. The van der Waals surface area contributed by atoms with Crippen molar-refractivity contribution >= 4 is 12.0 Å². The van der Waals surface area contributed by atoms with Crippen LogP contribution in [0.4, 0.5) is 5.69 Å². The van der Waals surface area contributed by atoms with Crippen LogP contribution < -0.4 is 4.90 Å². The maximum atomic E-state index is 11.8. The Morgan fingerprint density at radius 1 is 1.05 bits per heavy atom. The molecule has 0 bridgehead atoms. The van der Waals surface area contributed by atoms with Crippen molar-refractivity contribution in [3.63, 3.8) is 0 Å². The van der Waals surface area contributed by atoms with E-state index in [1.54, 1.807) is 0 Å². The van der Waals surface area contributed by atoms with Gasteiger partial charge in [0, 0.05) is 19.8 Å². The summed E-state index contributed by atoms with van der Waals surface area (Å²) in [7, 11) is 4.05. The number of aryl methyl sites for hydroxylation is 1. The summed E-state index contributed by atoms with van der Waals surface area (Å²) in [6.45, 7) is 4.08. The third-order valence-electron chi connectivity index (χ3n) is 4.04. The Bertz CT molecular complexity index is 616. The fourth-order valence-electron chi connectivity index (χ4n) is 2.75. The molecule has 2 aromatic rings. The fraction of sp³-hybridized carbons (Fsp3) is 0.316. The summed E-state index contributed by atoms with van der Waals surface area (Å²) >= 11 is 0. The summed E-state index contributed by atoms with van der Waals surface area (Å²) in [6.07, 6.45) is 1.80. The Morgan fingerprint density at radius 3 is 2.19 bits per heavy atom. The van der Waals surface area contributed by atoms with Crippen LogP contribution in [0.1, 0.15) is 23.6 Å². The number of aldehydes is 1. The highest BCUT2D eigenvalue weighted by Gasteiger charge is 2.27. The molecule has 0 saturated carbocycles. The van der Waals surface area contributed by atoms with Crippen LogP contribution in [-0.2, 0) is 16.6 Å². The number of rotatable bonds is 5.